The Balaban J connectivity index is 1.38. The van der Waals surface area contributed by atoms with Gasteiger partial charge in [-0.15, -0.1) is 0 Å². The van der Waals surface area contributed by atoms with E-state index in [0.717, 1.165) is 0 Å². The average molecular weight is 336 g/mol. The number of nitrogens with one attached hydrogen (secondary N) is 2. The number of hydrogen-bond donors (Lipinski definition) is 2. The quantitative estimate of drug-likeness (QED) is 0.595. The fourth-order valence-corrected chi connectivity index (χ4v) is 1.79. The van der Waals surface area contributed by atoms with E-state index in [1.165, 1.54) is 12.5 Å². The first-order valence-electron chi connectivity index (χ1n) is 7.56. The summed E-state index contributed by atoms with van der Waals surface area (Å²) >= 11 is 0. The second-order valence-electron chi connectivity index (χ2n) is 4.69. The minimum atomic E-state index is -0.271. The van der Waals surface area contributed by atoms with Crippen molar-refractivity contribution in [3.05, 3.63) is 48.3 Å². The molecule has 0 spiro atoms. The second kappa shape index (κ2) is 10.2. The molecule has 0 aliphatic heterocycles. The molecular weight excluding hydrogens is 316 g/mol. The highest BCUT2D eigenvalue weighted by Crippen LogP contribution is 1.99. The summed E-state index contributed by atoms with van der Waals surface area (Å²) < 4.78 is 20.6. The van der Waals surface area contributed by atoms with Crippen molar-refractivity contribution in [2.45, 2.75) is 0 Å². The van der Waals surface area contributed by atoms with Gasteiger partial charge < -0.3 is 28.9 Å². The van der Waals surface area contributed by atoms with Crippen LogP contribution in [0.4, 0.5) is 0 Å². The van der Waals surface area contributed by atoms with Crippen molar-refractivity contribution in [3.8, 4) is 0 Å². The third-order valence-electron chi connectivity index (χ3n) is 2.93. The lowest BCUT2D eigenvalue weighted by molar-refractivity contribution is 0.0483. The van der Waals surface area contributed by atoms with Gasteiger partial charge in [-0.1, -0.05) is 0 Å². The smallest absolute Gasteiger partial charge is 0.287 e. The van der Waals surface area contributed by atoms with Gasteiger partial charge in [0, 0.05) is 13.1 Å². The zero-order valence-electron chi connectivity index (χ0n) is 13.2. The van der Waals surface area contributed by atoms with E-state index in [9.17, 15) is 9.59 Å². The molecule has 0 unspecified atom stereocenters. The van der Waals surface area contributed by atoms with Crippen LogP contribution in [-0.2, 0) is 9.47 Å². The molecule has 24 heavy (non-hydrogen) atoms. The van der Waals surface area contributed by atoms with Gasteiger partial charge in [0.1, 0.15) is 0 Å². The van der Waals surface area contributed by atoms with Crippen LogP contribution in [0.1, 0.15) is 21.1 Å². The maximum atomic E-state index is 11.5. The van der Waals surface area contributed by atoms with Crippen molar-refractivity contribution in [1.29, 1.82) is 0 Å². The van der Waals surface area contributed by atoms with Gasteiger partial charge in [-0.3, -0.25) is 9.59 Å². The Morgan fingerprint density at radius 1 is 0.792 bits per heavy atom. The van der Waals surface area contributed by atoms with Crippen LogP contribution in [0, 0.1) is 0 Å². The molecule has 0 saturated heterocycles. The standard InChI is InChI=1S/C16H20N2O6/c19-15(13-3-1-7-23-13)17-5-9-21-11-12-22-10-6-18-16(20)14-4-2-8-24-14/h1-4,7-8H,5-6,9-12H2,(H,17,19)(H,18,20). The van der Waals surface area contributed by atoms with Gasteiger partial charge >= 0.3 is 0 Å². The molecule has 2 amide bonds. The van der Waals surface area contributed by atoms with E-state index < -0.39 is 0 Å². The molecule has 0 fully saturated rings. The molecule has 130 valence electrons. The molecule has 0 atom stereocenters. The largest absolute Gasteiger partial charge is 0.459 e. The van der Waals surface area contributed by atoms with Gasteiger partial charge in [-0.25, -0.2) is 0 Å². The van der Waals surface area contributed by atoms with Gasteiger partial charge in [0.25, 0.3) is 11.8 Å². The third kappa shape index (κ3) is 6.27. The number of carbonyl (C=O) groups excluding carboxylic acids is 2. The summed E-state index contributed by atoms with van der Waals surface area (Å²) in [6, 6.07) is 6.49. The topological polar surface area (TPSA) is 103 Å². The van der Waals surface area contributed by atoms with E-state index in [1.807, 2.05) is 0 Å². The predicted octanol–water partition coefficient (Wildman–Crippen LogP) is 1.07. The molecule has 0 aliphatic carbocycles. The lowest BCUT2D eigenvalue weighted by atomic mass is 10.4. The van der Waals surface area contributed by atoms with Gasteiger partial charge in [0.05, 0.1) is 39.0 Å². The van der Waals surface area contributed by atoms with Gasteiger partial charge in [0.15, 0.2) is 11.5 Å². The Morgan fingerprint density at radius 3 is 1.62 bits per heavy atom. The molecule has 0 aromatic carbocycles. The Hall–Kier alpha value is -2.58. The molecule has 2 N–H and O–H groups in total. The Labute approximate surface area is 139 Å². The van der Waals surface area contributed by atoms with Crippen LogP contribution in [0.25, 0.3) is 0 Å². The van der Waals surface area contributed by atoms with Crippen molar-refractivity contribution in [2.24, 2.45) is 0 Å². The molecular formula is C16H20N2O6. The molecule has 2 aromatic heterocycles. The van der Waals surface area contributed by atoms with E-state index in [1.54, 1.807) is 24.3 Å². The van der Waals surface area contributed by atoms with Crippen LogP contribution < -0.4 is 10.6 Å². The monoisotopic (exact) mass is 336 g/mol. The highest BCUT2D eigenvalue weighted by Gasteiger charge is 2.07. The summed E-state index contributed by atoms with van der Waals surface area (Å²) in [4.78, 5) is 23.1. The first-order chi connectivity index (χ1) is 11.8. The highest BCUT2D eigenvalue weighted by molar-refractivity contribution is 5.91. The van der Waals surface area contributed by atoms with Crippen LogP contribution >= 0.6 is 0 Å². The minimum Gasteiger partial charge on any atom is -0.459 e. The molecule has 8 nitrogen and oxygen atoms in total. The van der Waals surface area contributed by atoms with E-state index in [-0.39, 0.29) is 23.3 Å². The SMILES string of the molecule is O=C(NCCOCCOCCNC(=O)c1ccco1)c1ccco1. The molecule has 2 rings (SSSR count). The molecule has 0 aliphatic rings. The van der Waals surface area contributed by atoms with Crippen molar-refractivity contribution in [2.75, 3.05) is 39.5 Å². The van der Waals surface area contributed by atoms with E-state index in [4.69, 9.17) is 18.3 Å². The zero-order chi connectivity index (χ0) is 17.0. The fraction of sp³-hybridized carbons (Fsp3) is 0.375. The van der Waals surface area contributed by atoms with Gasteiger partial charge in [-0.05, 0) is 24.3 Å². The molecule has 8 heteroatoms. The summed E-state index contributed by atoms with van der Waals surface area (Å²) in [5.74, 6) is 0.00385. The first kappa shape index (κ1) is 17.8. The molecule has 2 aromatic rings. The van der Waals surface area contributed by atoms with Gasteiger partial charge in [0.2, 0.25) is 0 Å². The molecule has 0 bridgehead atoms. The van der Waals surface area contributed by atoms with E-state index in [2.05, 4.69) is 10.6 Å². The number of rotatable bonds is 11. The highest BCUT2D eigenvalue weighted by atomic mass is 16.5. The lowest BCUT2D eigenvalue weighted by Crippen LogP contribution is -2.28. The Kier molecular flexibility index (Phi) is 7.58. The minimum absolute atomic E-state index is 0.271. The third-order valence-corrected chi connectivity index (χ3v) is 2.93. The van der Waals surface area contributed by atoms with Crippen molar-refractivity contribution in [3.63, 3.8) is 0 Å². The van der Waals surface area contributed by atoms with Gasteiger partial charge in [-0.2, -0.15) is 0 Å². The van der Waals surface area contributed by atoms with E-state index >= 15 is 0 Å². The summed E-state index contributed by atoms with van der Waals surface area (Å²) in [5, 5.41) is 5.33. The van der Waals surface area contributed by atoms with E-state index in [0.29, 0.717) is 39.5 Å². The number of ether oxygens (including phenoxy) is 2. The van der Waals surface area contributed by atoms with Crippen LogP contribution in [0.5, 0.6) is 0 Å². The normalized spacial score (nSPS) is 10.5. The summed E-state index contributed by atoms with van der Waals surface area (Å²) in [5.41, 5.74) is 0. The lowest BCUT2D eigenvalue weighted by Gasteiger charge is -2.07. The number of hydrogen-bond acceptors (Lipinski definition) is 6. The molecule has 2 heterocycles. The maximum absolute atomic E-state index is 11.5. The fourth-order valence-electron chi connectivity index (χ4n) is 1.79. The van der Waals surface area contributed by atoms with Crippen LogP contribution in [-0.4, -0.2) is 51.3 Å². The van der Waals surface area contributed by atoms with Crippen LogP contribution in [0.2, 0.25) is 0 Å². The average Bonchev–Trinajstić information content (AvgIpc) is 3.29. The van der Waals surface area contributed by atoms with Crippen molar-refractivity contribution >= 4 is 11.8 Å². The molecule has 0 saturated carbocycles. The molecule has 0 radical (unpaired) electrons. The summed E-state index contributed by atoms with van der Waals surface area (Å²) in [6.07, 6.45) is 2.89. The maximum Gasteiger partial charge on any atom is 0.287 e. The van der Waals surface area contributed by atoms with Crippen LogP contribution in [0.3, 0.4) is 0 Å². The van der Waals surface area contributed by atoms with Crippen molar-refractivity contribution < 1.29 is 27.9 Å². The zero-order valence-corrected chi connectivity index (χ0v) is 13.2. The number of amides is 2. The number of carbonyl (C=O) groups is 2. The Bertz CT molecular complexity index is 540. The van der Waals surface area contributed by atoms with Crippen LogP contribution in [0.15, 0.2) is 45.6 Å². The summed E-state index contributed by atoms with van der Waals surface area (Å²) in [6.45, 7) is 2.35. The Morgan fingerprint density at radius 2 is 1.25 bits per heavy atom. The predicted molar refractivity (Wildman–Crippen MR) is 83.7 cm³/mol. The summed E-state index contributed by atoms with van der Waals surface area (Å²) in [7, 11) is 0. The second-order valence-corrected chi connectivity index (χ2v) is 4.69. The van der Waals surface area contributed by atoms with Crippen molar-refractivity contribution in [1.82, 2.24) is 10.6 Å². The number of furan rings is 2. The first-order valence-corrected chi connectivity index (χ1v) is 7.56.